The molecule has 1 N–H and O–H groups in total. The summed E-state index contributed by atoms with van der Waals surface area (Å²) in [5.41, 5.74) is 1.61. The molecule has 1 amide bonds. The van der Waals surface area contributed by atoms with Crippen LogP contribution in [-0.2, 0) is 4.79 Å². The maximum Gasteiger partial charge on any atom is 0.277 e. The lowest BCUT2D eigenvalue weighted by atomic mass is 10.2. The minimum atomic E-state index is -0.119. The molecule has 0 aliphatic rings. The summed E-state index contributed by atoms with van der Waals surface area (Å²) in [4.78, 5) is 13.2. The Balaban J connectivity index is 1.56. The molecule has 128 valence electrons. The van der Waals surface area contributed by atoms with Crippen LogP contribution in [0.15, 0.2) is 67.5 Å². The van der Waals surface area contributed by atoms with E-state index in [-0.39, 0.29) is 11.7 Å². The number of rotatable bonds is 6. The Bertz CT molecular complexity index is 868. The lowest BCUT2D eigenvalue weighted by Crippen LogP contribution is -2.13. The molecular formula is C17H14BrN3O2S2. The van der Waals surface area contributed by atoms with E-state index in [2.05, 4.69) is 31.4 Å². The van der Waals surface area contributed by atoms with Crippen LogP contribution in [0.4, 0.5) is 5.69 Å². The lowest BCUT2D eigenvalue weighted by Gasteiger charge is -2.05. The summed E-state index contributed by atoms with van der Waals surface area (Å²) in [6.45, 7) is 0. The highest BCUT2D eigenvalue weighted by molar-refractivity contribution is 9.10. The SMILES string of the molecule is CSc1cccc(NC(=O)CSc2nnc(-c3ccc(Br)cc3)o2)c1. The van der Waals surface area contributed by atoms with Gasteiger partial charge in [0.1, 0.15) is 0 Å². The maximum atomic E-state index is 12.1. The van der Waals surface area contributed by atoms with Gasteiger partial charge in [0.25, 0.3) is 5.22 Å². The second-order valence-electron chi connectivity index (χ2n) is 4.95. The molecule has 0 saturated carbocycles. The molecule has 5 nitrogen and oxygen atoms in total. The van der Waals surface area contributed by atoms with Crippen LogP contribution in [0, 0.1) is 0 Å². The van der Waals surface area contributed by atoms with E-state index in [9.17, 15) is 4.79 Å². The third-order valence-corrected chi connectivity index (χ3v) is 5.25. The molecule has 0 radical (unpaired) electrons. The first-order valence-corrected chi connectivity index (χ1v) is 10.3. The zero-order chi connectivity index (χ0) is 17.6. The molecule has 3 rings (SSSR count). The van der Waals surface area contributed by atoms with Crippen LogP contribution in [0.3, 0.4) is 0 Å². The smallest absolute Gasteiger partial charge is 0.277 e. The summed E-state index contributed by atoms with van der Waals surface area (Å²) in [6.07, 6.45) is 2.00. The zero-order valence-corrected chi connectivity index (χ0v) is 16.5. The van der Waals surface area contributed by atoms with Crippen molar-refractivity contribution in [1.82, 2.24) is 10.2 Å². The minimum Gasteiger partial charge on any atom is -0.411 e. The van der Waals surface area contributed by atoms with Crippen molar-refractivity contribution in [2.75, 3.05) is 17.3 Å². The average molecular weight is 436 g/mol. The molecule has 0 saturated heterocycles. The Morgan fingerprint density at radius 2 is 2.00 bits per heavy atom. The van der Waals surface area contributed by atoms with Crippen molar-refractivity contribution in [3.63, 3.8) is 0 Å². The van der Waals surface area contributed by atoms with Gasteiger partial charge in [-0.3, -0.25) is 4.79 Å². The predicted molar refractivity (Wildman–Crippen MR) is 105 cm³/mol. The Morgan fingerprint density at radius 3 is 2.76 bits per heavy atom. The van der Waals surface area contributed by atoms with Gasteiger partial charge in [0, 0.05) is 20.6 Å². The molecule has 0 aliphatic heterocycles. The number of thioether (sulfide) groups is 2. The van der Waals surface area contributed by atoms with Crippen molar-refractivity contribution < 1.29 is 9.21 Å². The molecule has 1 aromatic heterocycles. The van der Waals surface area contributed by atoms with Crippen LogP contribution >= 0.6 is 39.5 Å². The number of aromatic nitrogens is 2. The first-order chi connectivity index (χ1) is 12.1. The van der Waals surface area contributed by atoms with Gasteiger partial charge >= 0.3 is 0 Å². The van der Waals surface area contributed by atoms with Crippen LogP contribution in [0.25, 0.3) is 11.5 Å². The molecule has 0 bridgehead atoms. The predicted octanol–water partition coefficient (Wildman–Crippen LogP) is 4.95. The normalized spacial score (nSPS) is 10.6. The number of hydrogen-bond acceptors (Lipinski definition) is 6. The standard InChI is InChI=1S/C17H14BrN3O2S2/c1-24-14-4-2-3-13(9-14)19-15(22)10-25-17-21-20-16(23-17)11-5-7-12(18)8-6-11/h2-9H,10H2,1H3,(H,19,22). The van der Waals surface area contributed by atoms with E-state index < -0.39 is 0 Å². The fourth-order valence-corrected chi connectivity index (χ4v) is 3.29. The summed E-state index contributed by atoms with van der Waals surface area (Å²) in [5, 5.41) is 11.2. The highest BCUT2D eigenvalue weighted by Gasteiger charge is 2.11. The molecule has 0 unspecified atom stereocenters. The fraction of sp³-hybridized carbons (Fsp3) is 0.118. The Morgan fingerprint density at radius 1 is 1.20 bits per heavy atom. The van der Waals surface area contributed by atoms with Gasteiger partial charge in [-0.15, -0.1) is 22.0 Å². The van der Waals surface area contributed by atoms with Crippen LogP contribution in [0.1, 0.15) is 0 Å². The number of hydrogen-bond donors (Lipinski definition) is 1. The molecule has 1 heterocycles. The number of halogens is 1. The minimum absolute atomic E-state index is 0.119. The quantitative estimate of drug-likeness (QED) is 0.552. The molecule has 0 aliphatic carbocycles. The van der Waals surface area contributed by atoms with E-state index >= 15 is 0 Å². The number of carbonyl (C=O) groups excluding carboxylic acids is 1. The van der Waals surface area contributed by atoms with Gasteiger partial charge in [0.15, 0.2) is 0 Å². The highest BCUT2D eigenvalue weighted by atomic mass is 79.9. The third kappa shape index (κ3) is 5.10. The Kier molecular flexibility index (Phi) is 6.17. The molecule has 2 aromatic carbocycles. The first kappa shape index (κ1) is 18.0. The van der Waals surface area contributed by atoms with Crippen LogP contribution in [0.5, 0.6) is 0 Å². The molecule has 3 aromatic rings. The molecule has 0 spiro atoms. The van der Waals surface area contributed by atoms with Gasteiger partial charge in [-0.1, -0.05) is 33.8 Å². The average Bonchev–Trinajstić information content (AvgIpc) is 3.10. The van der Waals surface area contributed by atoms with Crippen LogP contribution in [0.2, 0.25) is 0 Å². The van der Waals surface area contributed by atoms with E-state index in [0.29, 0.717) is 11.1 Å². The summed E-state index contributed by atoms with van der Waals surface area (Å²) < 4.78 is 6.57. The number of nitrogens with zero attached hydrogens (tertiary/aromatic N) is 2. The van der Waals surface area contributed by atoms with Gasteiger partial charge in [0.05, 0.1) is 5.75 Å². The van der Waals surface area contributed by atoms with Crippen LogP contribution < -0.4 is 5.32 Å². The van der Waals surface area contributed by atoms with Crippen molar-refractivity contribution in [3.05, 3.63) is 53.0 Å². The second kappa shape index (κ2) is 8.55. The van der Waals surface area contributed by atoms with Crippen molar-refractivity contribution in [2.24, 2.45) is 0 Å². The van der Waals surface area contributed by atoms with Gasteiger partial charge in [0.2, 0.25) is 11.8 Å². The Labute approximate surface area is 162 Å². The largest absolute Gasteiger partial charge is 0.411 e. The summed E-state index contributed by atoms with van der Waals surface area (Å²) in [7, 11) is 0. The van der Waals surface area contributed by atoms with Gasteiger partial charge in [-0.05, 0) is 48.7 Å². The van der Waals surface area contributed by atoms with Crippen molar-refractivity contribution in [2.45, 2.75) is 10.1 Å². The summed E-state index contributed by atoms with van der Waals surface area (Å²) in [6, 6.07) is 15.3. The van der Waals surface area contributed by atoms with E-state index in [0.717, 1.165) is 20.6 Å². The topological polar surface area (TPSA) is 68.0 Å². The fourth-order valence-electron chi connectivity index (χ4n) is 2.00. The van der Waals surface area contributed by atoms with Gasteiger partial charge in [-0.2, -0.15) is 0 Å². The zero-order valence-electron chi connectivity index (χ0n) is 13.2. The van der Waals surface area contributed by atoms with Crippen molar-refractivity contribution >= 4 is 51.0 Å². The maximum absolute atomic E-state index is 12.1. The first-order valence-electron chi connectivity index (χ1n) is 7.30. The molecule has 0 fully saturated rings. The van der Waals surface area contributed by atoms with Crippen LogP contribution in [-0.4, -0.2) is 28.1 Å². The lowest BCUT2D eigenvalue weighted by molar-refractivity contribution is -0.113. The molecule has 8 heteroatoms. The molecule has 25 heavy (non-hydrogen) atoms. The number of nitrogens with one attached hydrogen (secondary N) is 1. The number of benzene rings is 2. The summed E-state index contributed by atoms with van der Waals surface area (Å²) >= 11 is 6.22. The van der Waals surface area contributed by atoms with Crippen molar-refractivity contribution in [1.29, 1.82) is 0 Å². The number of anilines is 1. The van der Waals surface area contributed by atoms with E-state index in [1.807, 2.05) is 54.8 Å². The number of amides is 1. The molecular weight excluding hydrogens is 422 g/mol. The molecule has 0 atom stereocenters. The monoisotopic (exact) mass is 435 g/mol. The Hall–Kier alpha value is -1.77. The van der Waals surface area contributed by atoms with E-state index in [4.69, 9.17) is 4.42 Å². The van der Waals surface area contributed by atoms with Gasteiger partial charge in [-0.25, -0.2) is 0 Å². The highest BCUT2D eigenvalue weighted by Crippen LogP contribution is 2.25. The summed E-state index contributed by atoms with van der Waals surface area (Å²) in [5.74, 6) is 0.514. The van der Waals surface area contributed by atoms with Gasteiger partial charge < -0.3 is 9.73 Å². The van der Waals surface area contributed by atoms with E-state index in [1.54, 1.807) is 11.8 Å². The van der Waals surface area contributed by atoms with E-state index in [1.165, 1.54) is 11.8 Å². The third-order valence-electron chi connectivity index (χ3n) is 3.18. The second-order valence-corrected chi connectivity index (χ2v) is 7.67. The number of carbonyl (C=O) groups is 1. The van der Waals surface area contributed by atoms with Crippen molar-refractivity contribution in [3.8, 4) is 11.5 Å².